The van der Waals surface area contributed by atoms with E-state index in [0.717, 1.165) is 50.5 Å². The first-order valence-electron chi connectivity index (χ1n) is 15.1. The summed E-state index contributed by atoms with van der Waals surface area (Å²) in [5.74, 6) is -0.543. The van der Waals surface area contributed by atoms with Crippen LogP contribution in [0.15, 0.2) is 133 Å². The van der Waals surface area contributed by atoms with E-state index in [2.05, 4.69) is 132 Å². The maximum atomic E-state index is 11.2. The third kappa shape index (κ3) is 8.80. The Labute approximate surface area is 265 Å². The Morgan fingerprint density at radius 1 is 0.533 bits per heavy atom. The van der Waals surface area contributed by atoms with Gasteiger partial charge in [-0.15, -0.1) is 0 Å². The second kappa shape index (κ2) is 15.3. The van der Waals surface area contributed by atoms with Crippen molar-refractivity contribution in [2.24, 2.45) is 0 Å². The second-order valence-electron chi connectivity index (χ2n) is 10.7. The van der Waals surface area contributed by atoms with Crippen molar-refractivity contribution in [3.8, 4) is 0 Å². The minimum absolute atomic E-state index is 0.271. The highest BCUT2D eigenvalue weighted by Crippen LogP contribution is 2.35. The topological polar surface area (TPSA) is 55.8 Å². The Morgan fingerprint density at radius 2 is 0.911 bits per heavy atom. The fourth-order valence-corrected chi connectivity index (χ4v) is 5.15. The molecule has 0 aliphatic carbocycles. The first-order chi connectivity index (χ1) is 22.0. The molecule has 0 unspecified atom stereocenters. The number of hydrogen-bond donors (Lipinski definition) is 0. The van der Waals surface area contributed by atoms with Gasteiger partial charge < -0.3 is 14.4 Å². The van der Waals surface area contributed by atoms with Gasteiger partial charge in [0.1, 0.15) is 0 Å². The normalized spacial score (nSPS) is 10.5. The molecule has 5 aromatic carbocycles. The molecular formula is C40H37NO4. The van der Waals surface area contributed by atoms with Crippen molar-refractivity contribution in [2.45, 2.75) is 26.7 Å². The van der Waals surface area contributed by atoms with Gasteiger partial charge in [-0.1, -0.05) is 97.1 Å². The van der Waals surface area contributed by atoms with Crippen LogP contribution in [0.25, 0.3) is 11.6 Å². The maximum Gasteiger partial charge on any atom is 0.302 e. The van der Waals surface area contributed by atoms with Crippen LogP contribution in [-0.4, -0.2) is 25.2 Å². The van der Waals surface area contributed by atoms with Crippen molar-refractivity contribution in [3.05, 3.63) is 161 Å². The fraction of sp³-hybridized carbons (Fsp3) is 0.150. The molecule has 0 radical (unpaired) electrons. The maximum absolute atomic E-state index is 11.2. The molecule has 0 N–H and O–H groups in total. The lowest BCUT2D eigenvalue weighted by atomic mass is 9.95. The highest BCUT2D eigenvalue weighted by Gasteiger charge is 2.13. The monoisotopic (exact) mass is 595 g/mol. The van der Waals surface area contributed by atoms with Crippen molar-refractivity contribution >= 4 is 40.6 Å². The molecule has 5 rings (SSSR count). The van der Waals surface area contributed by atoms with E-state index in [0.29, 0.717) is 26.1 Å². The van der Waals surface area contributed by atoms with Crippen LogP contribution in [0.5, 0.6) is 0 Å². The van der Waals surface area contributed by atoms with Gasteiger partial charge in [-0.25, -0.2) is 0 Å². The first kappa shape index (κ1) is 31.0. The zero-order valence-electron chi connectivity index (χ0n) is 25.7. The zero-order chi connectivity index (χ0) is 31.4. The van der Waals surface area contributed by atoms with Crippen LogP contribution in [0.4, 0.5) is 17.1 Å². The van der Waals surface area contributed by atoms with Gasteiger partial charge in [0.25, 0.3) is 0 Å². The molecule has 0 amide bonds. The summed E-state index contributed by atoms with van der Waals surface area (Å²) < 4.78 is 10.3. The highest BCUT2D eigenvalue weighted by atomic mass is 16.5. The first-order valence-corrected chi connectivity index (χ1v) is 15.1. The standard InChI is InChI=1S/C40H37NO4/c1-30(42)44-27-25-32-13-19-37(20-14-32)41(38-21-15-33(16-22-38)26-28-45-31(2)43)39-23-17-34(18-24-39)29-40(35-9-5-3-6-10-35)36-11-7-4-8-12-36/h3-24,29H,25-28H2,1-2H3. The number of carbonyl (C=O) groups is 2. The molecule has 5 heteroatoms. The van der Waals surface area contributed by atoms with Crippen LogP contribution in [0, 0.1) is 0 Å². The highest BCUT2D eigenvalue weighted by molar-refractivity contribution is 5.91. The molecule has 0 heterocycles. The minimum atomic E-state index is -0.271. The second-order valence-corrected chi connectivity index (χ2v) is 10.7. The van der Waals surface area contributed by atoms with E-state index in [1.54, 1.807) is 0 Å². The number of hydrogen-bond acceptors (Lipinski definition) is 5. The van der Waals surface area contributed by atoms with E-state index in [1.807, 2.05) is 12.1 Å². The smallest absolute Gasteiger partial charge is 0.302 e. The largest absolute Gasteiger partial charge is 0.466 e. The summed E-state index contributed by atoms with van der Waals surface area (Å²) in [5, 5.41) is 0. The van der Waals surface area contributed by atoms with Crippen LogP contribution in [-0.2, 0) is 31.9 Å². The van der Waals surface area contributed by atoms with Gasteiger partial charge in [0, 0.05) is 43.8 Å². The molecule has 5 aromatic rings. The Balaban J connectivity index is 1.45. The van der Waals surface area contributed by atoms with Crippen LogP contribution in [0.2, 0.25) is 0 Å². The minimum Gasteiger partial charge on any atom is -0.466 e. The van der Waals surface area contributed by atoms with Crippen molar-refractivity contribution in [1.82, 2.24) is 0 Å². The van der Waals surface area contributed by atoms with Crippen LogP contribution < -0.4 is 4.90 Å². The van der Waals surface area contributed by atoms with Crippen LogP contribution in [0.1, 0.15) is 41.7 Å². The van der Waals surface area contributed by atoms with E-state index in [9.17, 15) is 9.59 Å². The number of carbonyl (C=O) groups excluding carboxylic acids is 2. The molecule has 226 valence electrons. The number of nitrogens with zero attached hydrogens (tertiary/aromatic N) is 1. The van der Waals surface area contributed by atoms with E-state index >= 15 is 0 Å². The lowest BCUT2D eigenvalue weighted by Crippen LogP contribution is -2.10. The van der Waals surface area contributed by atoms with Crippen molar-refractivity contribution in [1.29, 1.82) is 0 Å². The van der Waals surface area contributed by atoms with Gasteiger partial charge in [-0.3, -0.25) is 9.59 Å². The van der Waals surface area contributed by atoms with Gasteiger partial charge >= 0.3 is 11.9 Å². The summed E-state index contributed by atoms with van der Waals surface area (Å²) in [6.07, 6.45) is 3.54. The molecule has 0 atom stereocenters. The van der Waals surface area contributed by atoms with Gasteiger partial charge in [-0.2, -0.15) is 0 Å². The molecule has 0 aliphatic heterocycles. The van der Waals surface area contributed by atoms with Crippen LogP contribution in [0.3, 0.4) is 0 Å². The van der Waals surface area contributed by atoms with Gasteiger partial charge in [-0.05, 0) is 75.9 Å². The predicted molar refractivity (Wildman–Crippen MR) is 182 cm³/mol. The summed E-state index contributed by atoms with van der Waals surface area (Å²) >= 11 is 0. The van der Waals surface area contributed by atoms with E-state index in [1.165, 1.54) is 13.8 Å². The van der Waals surface area contributed by atoms with Crippen LogP contribution >= 0.6 is 0 Å². The Kier molecular flexibility index (Phi) is 10.6. The Hall–Kier alpha value is -5.42. The molecule has 0 saturated carbocycles. The SMILES string of the molecule is CC(=O)OCCc1ccc(N(c2ccc(C=C(c3ccccc3)c3ccccc3)cc2)c2ccc(CCOC(C)=O)cc2)cc1. The Bertz CT molecular complexity index is 1610. The average molecular weight is 596 g/mol. The third-order valence-electron chi connectivity index (χ3n) is 7.41. The summed E-state index contributed by atoms with van der Waals surface area (Å²) in [7, 11) is 0. The van der Waals surface area contributed by atoms with Gasteiger partial charge in [0.15, 0.2) is 0 Å². The van der Waals surface area contributed by atoms with E-state index < -0.39 is 0 Å². The van der Waals surface area contributed by atoms with E-state index in [-0.39, 0.29) is 11.9 Å². The Morgan fingerprint density at radius 3 is 1.29 bits per heavy atom. The summed E-state index contributed by atoms with van der Waals surface area (Å²) in [5.41, 5.74) is 9.82. The number of esters is 2. The van der Waals surface area contributed by atoms with Crippen molar-refractivity contribution in [3.63, 3.8) is 0 Å². The molecule has 0 fully saturated rings. The molecule has 0 saturated heterocycles. The van der Waals surface area contributed by atoms with Crippen molar-refractivity contribution in [2.75, 3.05) is 18.1 Å². The average Bonchev–Trinajstić information content (AvgIpc) is 3.06. The molecule has 0 bridgehead atoms. The molecular weight excluding hydrogens is 558 g/mol. The fourth-order valence-electron chi connectivity index (χ4n) is 5.15. The van der Waals surface area contributed by atoms with E-state index in [4.69, 9.17) is 9.47 Å². The number of benzene rings is 5. The van der Waals surface area contributed by atoms with Crippen molar-refractivity contribution < 1.29 is 19.1 Å². The summed E-state index contributed by atoms with van der Waals surface area (Å²) in [6, 6.07) is 46.1. The molecule has 0 aromatic heterocycles. The molecule has 0 spiro atoms. The number of anilines is 3. The molecule has 5 nitrogen and oxygen atoms in total. The summed E-state index contributed by atoms with van der Waals surface area (Å²) in [6.45, 7) is 3.56. The lowest BCUT2D eigenvalue weighted by molar-refractivity contribution is -0.141. The van der Waals surface area contributed by atoms with Gasteiger partial charge in [0.05, 0.1) is 13.2 Å². The van der Waals surface area contributed by atoms with Gasteiger partial charge in [0.2, 0.25) is 0 Å². The number of rotatable bonds is 12. The quantitative estimate of drug-likeness (QED) is 0.106. The zero-order valence-corrected chi connectivity index (χ0v) is 25.7. The predicted octanol–water partition coefficient (Wildman–Crippen LogP) is 8.96. The third-order valence-corrected chi connectivity index (χ3v) is 7.41. The summed E-state index contributed by atoms with van der Waals surface area (Å²) in [4.78, 5) is 24.6. The lowest BCUT2D eigenvalue weighted by Gasteiger charge is -2.26. The number of ether oxygens (including phenoxy) is 2. The molecule has 45 heavy (non-hydrogen) atoms. The molecule has 0 aliphatic rings.